The summed E-state index contributed by atoms with van der Waals surface area (Å²) in [7, 11) is -3.96. The molecule has 1 unspecified atom stereocenters. The summed E-state index contributed by atoms with van der Waals surface area (Å²) in [6, 6.07) is 15.7. The predicted octanol–water partition coefficient (Wildman–Crippen LogP) is 3.20. The summed E-state index contributed by atoms with van der Waals surface area (Å²) in [4.78, 5) is 16.8. The van der Waals surface area contributed by atoms with Crippen LogP contribution < -0.4 is 0 Å². The first kappa shape index (κ1) is 19.1. The van der Waals surface area contributed by atoms with E-state index in [0.717, 1.165) is 5.56 Å². The second-order valence-electron chi connectivity index (χ2n) is 6.53. The molecular weight excluding hydrogens is 364 g/mol. The largest absolute Gasteiger partial charge is 0.462 e. The SMILES string of the molecule is CCOC(=O)c1ccccc1S(=O)(=O)N1CC(C)(c2ccccc2)N=C1C. The number of carbonyl (C=O) groups excluding carboxylic acids is 1. The second kappa shape index (κ2) is 7.15. The Hall–Kier alpha value is -2.67. The molecule has 2 aromatic carbocycles. The summed E-state index contributed by atoms with van der Waals surface area (Å²) in [5.74, 6) is -0.267. The number of nitrogens with zero attached hydrogens (tertiary/aromatic N) is 2. The first-order valence-electron chi connectivity index (χ1n) is 8.70. The fraction of sp³-hybridized carbons (Fsp3) is 0.300. The van der Waals surface area contributed by atoms with E-state index < -0.39 is 21.5 Å². The Morgan fingerprint density at radius 1 is 1.15 bits per heavy atom. The van der Waals surface area contributed by atoms with E-state index in [1.807, 2.05) is 37.3 Å². The van der Waals surface area contributed by atoms with Gasteiger partial charge in [-0.05, 0) is 38.5 Å². The topological polar surface area (TPSA) is 76.0 Å². The smallest absolute Gasteiger partial charge is 0.339 e. The van der Waals surface area contributed by atoms with E-state index in [2.05, 4.69) is 4.99 Å². The average Bonchev–Trinajstić information content (AvgIpc) is 2.99. The molecule has 0 N–H and O–H groups in total. The molecule has 1 heterocycles. The first-order chi connectivity index (χ1) is 12.8. The van der Waals surface area contributed by atoms with Gasteiger partial charge >= 0.3 is 5.97 Å². The molecular formula is C20H22N2O4S. The normalized spacial score (nSPS) is 19.7. The highest BCUT2D eigenvalue weighted by Gasteiger charge is 2.42. The van der Waals surface area contributed by atoms with Crippen molar-refractivity contribution in [3.05, 3.63) is 65.7 Å². The number of carbonyl (C=O) groups is 1. The first-order valence-corrected chi connectivity index (χ1v) is 10.1. The zero-order valence-electron chi connectivity index (χ0n) is 15.5. The molecule has 6 nitrogen and oxygen atoms in total. The molecule has 0 radical (unpaired) electrons. The molecule has 142 valence electrons. The number of amidine groups is 1. The third-order valence-electron chi connectivity index (χ3n) is 4.57. The zero-order chi connectivity index (χ0) is 19.7. The van der Waals surface area contributed by atoms with Crippen molar-refractivity contribution in [2.45, 2.75) is 31.2 Å². The average molecular weight is 386 g/mol. The number of hydrogen-bond donors (Lipinski definition) is 0. The maximum Gasteiger partial charge on any atom is 0.339 e. The molecule has 1 aliphatic rings. The molecule has 0 spiro atoms. The minimum Gasteiger partial charge on any atom is -0.462 e. The van der Waals surface area contributed by atoms with Crippen LogP contribution in [0.25, 0.3) is 0 Å². The zero-order valence-corrected chi connectivity index (χ0v) is 16.4. The van der Waals surface area contributed by atoms with Crippen molar-refractivity contribution in [1.82, 2.24) is 4.31 Å². The van der Waals surface area contributed by atoms with Gasteiger partial charge in [0.15, 0.2) is 0 Å². The van der Waals surface area contributed by atoms with Crippen molar-refractivity contribution >= 4 is 21.8 Å². The van der Waals surface area contributed by atoms with Gasteiger partial charge < -0.3 is 4.74 Å². The molecule has 0 aromatic heterocycles. The third-order valence-corrected chi connectivity index (χ3v) is 6.45. The lowest BCUT2D eigenvalue weighted by molar-refractivity contribution is 0.0521. The lowest BCUT2D eigenvalue weighted by atomic mass is 9.94. The van der Waals surface area contributed by atoms with Crippen molar-refractivity contribution in [3.63, 3.8) is 0 Å². The second-order valence-corrected chi connectivity index (χ2v) is 8.36. The molecule has 7 heteroatoms. The van der Waals surface area contributed by atoms with Crippen molar-refractivity contribution in [1.29, 1.82) is 0 Å². The monoisotopic (exact) mass is 386 g/mol. The van der Waals surface area contributed by atoms with E-state index in [1.54, 1.807) is 26.0 Å². The highest BCUT2D eigenvalue weighted by atomic mass is 32.2. The molecule has 0 bridgehead atoms. The van der Waals surface area contributed by atoms with Crippen molar-refractivity contribution in [2.24, 2.45) is 4.99 Å². The molecule has 2 aromatic rings. The van der Waals surface area contributed by atoms with Crippen LogP contribution in [0.4, 0.5) is 0 Å². The molecule has 27 heavy (non-hydrogen) atoms. The number of aliphatic imine (C=N–C) groups is 1. The molecule has 1 atom stereocenters. The van der Waals surface area contributed by atoms with Crippen LogP contribution >= 0.6 is 0 Å². The van der Waals surface area contributed by atoms with E-state index in [1.165, 1.54) is 16.4 Å². The van der Waals surface area contributed by atoms with Crippen LogP contribution in [0.15, 0.2) is 64.5 Å². The van der Waals surface area contributed by atoms with Crippen LogP contribution in [0.1, 0.15) is 36.7 Å². The lowest BCUT2D eigenvalue weighted by Crippen LogP contribution is -2.37. The van der Waals surface area contributed by atoms with Gasteiger partial charge in [-0.1, -0.05) is 42.5 Å². The van der Waals surface area contributed by atoms with E-state index in [0.29, 0.717) is 5.84 Å². The van der Waals surface area contributed by atoms with Gasteiger partial charge in [-0.15, -0.1) is 0 Å². The summed E-state index contributed by atoms with van der Waals surface area (Å²) in [5.41, 5.74) is 0.276. The molecule has 0 amide bonds. The number of benzene rings is 2. The summed E-state index contributed by atoms with van der Waals surface area (Å²) < 4.78 is 32.9. The van der Waals surface area contributed by atoms with E-state index in [9.17, 15) is 13.2 Å². The van der Waals surface area contributed by atoms with Crippen LogP contribution in [0.2, 0.25) is 0 Å². The summed E-state index contributed by atoms with van der Waals surface area (Å²) in [5, 5.41) is 0. The lowest BCUT2D eigenvalue weighted by Gasteiger charge is -2.25. The molecule has 0 aliphatic carbocycles. The Kier molecular flexibility index (Phi) is 5.06. The van der Waals surface area contributed by atoms with Gasteiger partial charge in [0.2, 0.25) is 0 Å². The maximum atomic E-state index is 13.3. The molecule has 0 saturated carbocycles. The third kappa shape index (κ3) is 3.47. The number of ether oxygens (including phenoxy) is 1. The Morgan fingerprint density at radius 3 is 2.44 bits per heavy atom. The van der Waals surface area contributed by atoms with Crippen LogP contribution in [0, 0.1) is 0 Å². The standard InChI is InChI=1S/C20H22N2O4S/c1-4-26-19(23)17-12-8-9-13-18(17)27(24,25)22-14-20(3,21-15(22)2)16-10-6-5-7-11-16/h5-13H,4,14H2,1-3H3. The molecule has 0 saturated heterocycles. The van der Waals surface area contributed by atoms with Crippen LogP contribution in [-0.2, 0) is 20.3 Å². The quantitative estimate of drug-likeness (QED) is 0.740. The van der Waals surface area contributed by atoms with Gasteiger partial charge in [-0.3, -0.25) is 9.30 Å². The minimum absolute atomic E-state index is 0.0282. The van der Waals surface area contributed by atoms with Gasteiger partial charge in [0, 0.05) is 0 Å². The Labute approximate surface area is 159 Å². The van der Waals surface area contributed by atoms with E-state index in [4.69, 9.17) is 4.74 Å². The highest BCUT2D eigenvalue weighted by molar-refractivity contribution is 7.89. The van der Waals surface area contributed by atoms with Crippen molar-refractivity contribution in [2.75, 3.05) is 13.2 Å². The van der Waals surface area contributed by atoms with Gasteiger partial charge in [0.25, 0.3) is 10.0 Å². The van der Waals surface area contributed by atoms with Crippen LogP contribution in [-0.4, -0.2) is 37.7 Å². The van der Waals surface area contributed by atoms with Crippen molar-refractivity contribution < 1.29 is 17.9 Å². The molecule has 3 rings (SSSR count). The van der Waals surface area contributed by atoms with Gasteiger partial charge in [-0.2, -0.15) is 0 Å². The van der Waals surface area contributed by atoms with Crippen molar-refractivity contribution in [3.8, 4) is 0 Å². The van der Waals surface area contributed by atoms with Gasteiger partial charge in [0.05, 0.1) is 18.7 Å². The fourth-order valence-electron chi connectivity index (χ4n) is 3.24. The number of sulfonamides is 1. The van der Waals surface area contributed by atoms with Gasteiger partial charge in [-0.25, -0.2) is 13.2 Å². The van der Waals surface area contributed by atoms with Crippen LogP contribution in [0.3, 0.4) is 0 Å². The Balaban J connectivity index is 2.01. The summed E-state index contributed by atoms with van der Waals surface area (Å²) >= 11 is 0. The van der Waals surface area contributed by atoms with Crippen LogP contribution in [0.5, 0.6) is 0 Å². The van der Waals surface area contributed by atoms with E-state index >= 15 is 0 Å². The number of hydrogen-bond acceptors (Lipinski definition) is 5. The predicted molar refractivity (Wildman–Crippen MR) is 103 cm³/mol. The number of esters is 1. The fourth-order valence-corrected chi connectivity index (χ4v) is 4.97. The highest BCUT2D eigenvalue weighted by Crippen LogP contribution is 2.35. The molecule has 0 fully saturated rings. The van der Waals surface area contributed by atoms with Gasteiger partial charge in [0.1, 0.15) is 16.3 Å². The minimum atomic E-state index is -3.96. The summed E-state index contributed by atoms with van der Waals surface area (Å²) in [6.07, 6.45) is 0. The summed E-state index contributed by atoms with van der Waals surface area (Å²) in [6.45, 7) is 5.58. The Bertz CT molecular complexity index is 986. The molecule has 1 aliphatic heterocycles. The Morgan fingerprint density at radius 2 is 1.78 bits per heavy atom. The van der Waals surface area contributed by atoms with E-state index in [-0.39, 0.29) is 23.6 Å². The number of rotatable bonds is 5. The maximum absolute atomic E-state index is 13.3.